The first-order chi connectivity index (χ1) is 12.0. The molecular formula is C17H15ClN4O2S. The largest absolute Gasteiger partial charge is 0.294 e. The minimum absolute atomic E-state index is 0.118. The van der Waals surface area contributed by atoms with Crippen LogP contribution in [0.3, 0.4) is 0 Å². The molecule has 0 aliphatic carbocycles. The molecule has 6 nitrogen and oxygen atoms in total. The molecule has 0 atom stereocenters. The molecule has 0 aliphatic heterocycles. The van der Waals surface area contributed by atoms with Crippen LogP contribution >= 0.6 is 11.6 Å². The molecule has 1 aromatic carbocycles. The molecule has 0 radical (unpaired) electrons. The Kier molecular flexibility index (Phi) is 4.96. The van der Waals surface area contributed by atoms with Gasteiger partial charge in [-0.25, -0.2) is 13.4 Å². The molecule has 0 unspecified atom stereocenters. The number of nitrogens with zero attached hydrogens (tertiary/aromatic N) is 4. The third-order valence-electron chi connectivity index (χ3n) is 3.45. The standard InChI is InChI=1S/C17H15ClN4O2S/c1-2-11-22-16(13-7-4-3-5-8-13)20-21-17(22)25(23,24)12-14-9-6-10-15(18)19-14/h2-10H,1,11-12H2. The van der Waals surface area contributed by atoms with Gasteiger partial charge >= 0.3 is 0 Å². The van der Waals surface area contributed by atoms with Gasteiger partial charge in [0.05, 0.1) is 5.69 Å². The van der Waals surface area contributed by atoms with Crippen LogP contribution in [0.5, 0.6) is 0 Å². The van der Waals surface area contributed by atoms with Crippen molar-refractivity contribution in [1.82, 2.24) is 19.7 Å². The van der Waals surface area contributed by atoms with Gasteiger partial charge in [-0.15, -0.1) is 16.8 Å². The molecule has 128 valence electrons. The summed E-state index contributed by atoms with van der Waals surface area (Å²) < 4.78 is 27.2. The van der Waals surface area contributed by atoms with E-state index in [4.69, 9.17) is 11.6 Å². The Hall–Kier alpha value is -2.51. The second kappa shape index (κ2) is 7.16. The highest BCUT2D eigenvalue weighted by atomic mass is 35.5. The van der Waals surface area contributed by atoms with Gasteiger partial charge in [0, 0.05) is 12.1 Å². The fourth-order valence-corrected chi connectivity index (χ4v) is 3.93. The molecule has 3 aromatic rings. The second-order valence-electron chi connectivity index (χ2n) is 5.28. The van der Waals surface area contributed by atoms with E-state index in [1.54, 1.807) is 24.3 Å². The first-order valence-corrected chi connectivity index (χ1v) is 9.48. The first-order valence-electron chi connectivity index (χ1n) is 7.45. The average Bonchev–Trinajstić information content (AvgIpc) is 3.00. The summed E-state index contributed by atoms with van der Waals surface area (Å²) in [6.45, 7) is 3.96. The molecule has 0 N–H and O–H groups in total. The average molecular weight is 375 g/mol. The van der Waals surface area contributed by atoms with Crippen LogP contribution in [0.15, 0.2) is 66.3 Å². The SMILES string of the molecule is C=CCn1c(-c2ccccc2)nnc1S(=O)(=O)Cc1cccc(Cl)n1. The van der Waals surface area contributed by atoms with Gasteiger partial charge < -0.3 is 0 Å². The van der Waals surface area contributed by atoms with Crippen LogP contribution in [0, 0.1) is 0 Å². The molecule has 0 aliphatic rings. The van der Waals surface area contributed by atoms with Gasteiger partial charge in [-0.1, -0.05) is 54.1 Å². The van der Waals surface area contributed by atoms with Crippen LogP contribution in [-0.4, -0.2) is 28.2 Å². The van der Waals surface area contributed by atoms with Crippen LogP contribution in [-0.2, 0) is 22.1 Å². The van der Waals surface area contributed by atoms with E-state index in [9.17, 15) is 8.42 Å². The summed E-state index contributed by atoms with van der Waals surface area (Å²) in [4.78, 5) is 4.03. The molecule has 25 heavy (non-hydrogen) atoms. The van der Waals surface area contributed by atoms with E-state index >= 15 is 0 Å². The topological polar surface area (TPSA) is 77.7 Å². The Balaban J connectivity index is 2.04. The minimum atomic E-state index is -3.75. The summed E-state index contributed by atoms with van der Waals surface area (Å²) in [5.41, 5.74) is 1.13. The number of hydrogen-bond acceptors (Lipinski definition) is 5. The van der Waals surface area contributed by atoms with Crippen molar-refractivity contribution >= 4 is 21.4 Å². The van der Waals surface area contributed by atoms with Gasteiger partial charge in [-0.2, -0.15) is 0 Å². The molecule has 0 saturated heterocycles. The highest BCUT2D eigenvalue weighted by molar-refractivity contribution is 7.90. The summed E-state index contributed by atoms with van der Waals surface area (Å²) in [6.07, 6.45) is 1.60. The maximum atomic E-state index is 12.8. The quantitative estimate of drug-likeness (QED) is 0.489. The summed E-state index contributed by atoms with van der Waals surface area (Å²) >= 11 is 5.83. The maximum Gasteiger partial charge on any atom is 0.250 e. The van der Waals surface area contributed by atoms with Crippen molar-refractivity contribution in [1.29, 1.82) is 0 Å². The van der Waals surface area contributed by atoms with Gasteiger partial charge in [0.2, 0.25) is 9.84 Å². The zero-order chi connectivity index (χ0) is 17.9. The zero-order valence-electron chi connectivity index (χ0n) is 13.2. The molecule has 0 spiro atoms. The smallest absolute Gasteiger partial charge is 0.250 e. The van der Waals surface area contributed by atoms with E-state index in [1.165, 1.54) is 4.57 Å². The lowest BCUT2D eigenvalue weighted by Gasteiger charge is -2.08. The van der Waals surface area contributed by atoms with Crippen LogP contribution in [0.25, 0.3) is 11.4 Å². The third-order valence-corrected chi connectivity index (χ3v) is 5.19. The Labute approximate surface area is 150 Å². The van der Waals surface area contributed by atoms with Crippen molar-refractivity contribution in [2.24, 2.45) is 0 Å². The van der Waals surface area contributed by atoms with Crippen LogP contribution in [0.4, 0.5) is 0 Å². The number of sulfone groups is 1. The van der Waals surface area contributed by atoms with Crippen molar-refractivity contribution < 1.29 is 8.42 Å². The van der Waals surface area contributed by atoms with Crippen molar-refractivity contribution in [3.63, 3.8) is 0 Å². The molecule has 3 rings (SSSR count). The van der Waals surface area contributed by atoms with Crippen LogP contribution in [0.2, 0.25) is 5.15 Å². The Morgan fingerprint density at radius 3 is 2.52 bits per heavy atom. The van der Waals surface area contributed by atoms with E-state index in [0.29, 0.717) is 11.5 Å². The van der Waals surface area contributed by atoms with Gasteiger partial charge in [-0.05, 0) is 12.1 Å². The fraction of sp³-hybridized carbons (Fsp3) is 0.118. The van der Waals surface area contributed by atoms with E-state index in [2.05, 4.69) is 21.8 Å². The molecule has 0 bridgehead atoms. The number of aromatic nitrogens is 4. The number of allylic oxidation sites excluding steroid dienone is 1. The Morgan fingerprint density at radius 2 is 1.84 bits per heavy atom. The molecule has 8 heteroatoms. The van der Waals surface area contributed by atoms with E-state index < -0.39 is 9.84 Å². The van der Waals surface area contributed by atoms with E-state index in [0.717, 1.165) is 5.56 Å². The van der Waals surface area contributed by atoms with Crippen molar-refractivity contribution in [3.8, 4) is 11.4 Å². The Bertz CT molecular complexity index is 1000. The van der Waals surface area contributed by atoms with Gasteiger partial charge in [0.1, 0.15) is 10.9 Å². The maximum absolute atomic E-state index is 12.8. The van der Waals surface area contributed by atoms with Crippen molar-refractivity contribution in [3.05, 3.63) is 72.0 Å². The highest BCUT2D eigenvalue weighted by Crippen LogP contribution is 2.22. The number of pyridine rings is 1. The van der Waals surface area contributed by atoms with Gasteiger partial charge in [0.15, 0.2) is 5.82 Å². The second-order valence-corrected chi connectivity index (χ2v) is 7.55. The van der Waals surface area contributed by atoms with Gasteiger partial charge in [0.25, 0.3) is 5.16 Å². The normalized spacial score (nSPS) is 11.4. The van der Waals surface area contributed by atoms with Crippen LogP contribution < -0.4 is 0 Å². The fourth-order valence-electron chi connectivity index (χ4n) is 2.40. The third kappa shape index (κ3) is 3.78. The summed E-state index contributed by atoms with van der Waals surface area (Å²) in [5.74, 6) is 0.163. The molecule has 0 fully saturated rings. The minimum Gasteiger partial charge on any atom is -0.294 e. The lowest BCUT2D eigenvalue weighted by Crippen LogP contribution is -2.14. The van der Waals surface area contributed by atoms with Crippen LogP contribution in [0.1, 0.15) is 5.69 Å². The molecule has 0 amide bonds. The number of halogens is 1. The lowest BCUT2D eigenvalue weighted by molar-refractivity contribution is 0.572. The Morgan fingerprint density at radius 1 is 1.08 bits per heavy atom. The zero-order valence-corrected chi connectivity index (χ0v) is 14.8. The molecule has 2 aromatic heterocycles. The molecular weight excluding hydrogens is 360 g/mol. The predicted molar refractivity (Wildman–Crippen MR) is 95.8 cm³/mol. The number of benzene rings is 1. The van der Waals surface area contributed by atoms with Gasteiger partial charge in [-0.3, -0.25) is 4.57 Å². The molecule has 0 saturated carbocycles. The predicted octanol–water partition coefficient (Wildman–Crippen LogP) is 3.15. The number of hydrogen-bond donors (Lipinski definition) is 0. The highest BCUT2D eigenvalue weighted by Gasteiger charge is 2.26. The summed E-state index contributed by atoms with van der Waals surface area (Å²) in [5, 5.41) is 8.11. The lowest BCUT2D eigenvalue weighted by atomic mass is 10.2. The van der Waals surface area contributed by atoms with Crippen molar-refractivity contribution in [2.75, 3.05) is 0 Å². The summed E-state index contributed by atoms with van der Waals surface area (Å²) in [7, 11) is -3.75. The van der Waals surface area contributed by atoms with Crippen molar-refractivity contribution in [2.45, 2.75) is 17.5 Å². The van der Waals surface area contributed by atoms with E-state index in [-0.39, 0.29) is 22.6 Å². The van der Waals surface area contributed by atoms with E-state index in [1.807, 2.05) is 30.3 Å². The summed E-state index contributed by atoms with van der Waals surface area (Å²) in [6, 6.07) is 14.1. The number of rotatable bonds is 6. The monoisotopic (exact) mass is 374 g/mol. The first kappa shape index (κ1) is 17.3. The molecule has 2 heterocycles.